The largest absolute Gasteiger partial charge is 0.488 e. The van der Waals surface area contributed by atoms with E-state index in [9.17, 15) is 63.7 Å². The molecule has 0 radical (unpaired) electrons. The van der Waals surface area contributed by atoms with Gasteiger partial charge in [0.05, 0.1) is 6.04 Å². The summed E-state index contributed by atoms with van der Waals surface area (Å²) >= 11 is 0. The number of carbonyl (C=O) groups is 6. The summed E-state index contributed by atoms with van der Waals surface area (Å²) in [5.74, 6) is -9.65. The first-order chi connectivity index (χ1) is 27.1. The van der Waals surface area contributed by atoms with E-state index in [2.05, 4.69) is 21.3 Å². The lowest BCUT2D eigenvalue weighted by molar-refractivity contribution is -0.155. The van der Waals surface area contributed by atoms with E-state index >= 15 is 0 Å². The summed E-state index contributed by atoms with van der Waals surface area (Å²) in [5.41, 5.74) is 4.42. The Kier molecular flexibility index (Phi) is 21.1. The predicted molar refractivity (Wildman–Crippen MR) is 221 cm³/mol. The lowest BCUT2D eigenvalue weighted by Crippen LogP contribution is -2.59. The molecule has 1 rings (SSSR count). The number of carboxylic acid groups (broad SMARTS) is 1. The zero-order chi connectivity index (χ0) is 46.4. The lowest BCUT2D eigenvalue weighted by atomic mass is 10.0. The van der Waals surface area contributed by atoms with Gasteiger partial charge in [0.25, 0.3) is 0 Å². The maximum Gasteiger partial charge on any atom is 0.327 e. The van der Waals surface area contributed by atoms with Crippen LogP contribution in [0.5, 0.6) is 5.75 Å². The first-order valence-electron chi connectivity index (χ1n) is 17.2. The van der Waals surface area contributed by atoms with Crippen LogP contribution < -0.4 is 31.7 Å². The summed E-state index contributed by atoms with van der Waals surface area (Å²) in [6.45, 7) is 10.00. The molecule has 0 spiro atoms. The van der Waals surface area contributed by atoms with E-state index in [1.807, 2.05) is 0 Å². The van der Waals surface area contributed by atoms with Gasteiger partial charge in [-0.3, -0.25) is 37.6 Å². The van der Waals surface area contributed by atoms with Crippen LogP contribution in [0.4, 0.5) is 0 Å². The summed E-state index contributed by atoms with van der Waals surface area (Å²) in [6, 6.07) is -3.00. The topological polar surface area (TPSA) is 378 Å². The summed E-state index contributed by atoms with van der Waals surface area (Å²) in [7, 11) is -14.9. The number of carbonyl (C=O) groups excluding carboxylic acids is 5. The van der Waals surface area contributed by atoms with Gasteiger partial charge >= 0.3 is 39.4 Å². The minimum atomic E-state index is -4.86. The molecule has 29 heteroatoms. The smallest absolute Gasteiger partial charge is 0.327 e. The Morgan fingerprint density at radius 3 is 1.52 bits per heavy atom. The van der Waals surface area contributed by atoms with E-state index < -0.39 is 135 Å². The molecule has 0 aliphatic carbocycles. The number of benzene rings is 1. The van der Waals surface area contributed by atoms with Gasteiger partial charge in [0.15, 0.2) is 0 Å². The zero-order valence-corrected chi connectivity index (χ0v) is 37.9. The Morgan fingerprint density at radius 1 is 0.633 bits per heavy atom. The van der Waals surface area contributed by atoms with Gasteiger partial charge in [0, 0.05) is 30.1 Å². The molecule has 0 bridgehead atoms. The van der Waals surface area contributed by atoms with Gasteiger partial charge in [-0.05, 0) is 98.0 Å². The Morgan fingerprint density at radius 2 is 1.05 bits per heavy atom. The van der Waals surface area contributed by atoms with Crippen molar-refractivity contribution in [1.82, 2.24) is 21.3 Å². The molecule has 1 aromatic rings. The third-order valence-corrected chi connectivity index (χ3v) is 13.1. The quantitative estimate of drug-likeness (QED) is 0.0358. The molecule has 4 amide bonds. The van der Waals surface area contributed by atoms with Crippen molar-refractivity contribution in [1.29, 1.82) is 0 Å². The maximum absolute atomic E-state index is 14.0. The van der Waals surface area contributed by atoms with E-state index in [-0.39, 0.29) is 38.8 Å². The summed E-state index contributed by atoms with van der Waals surface area (Å²) < 4.78 is 106. The fourth-order valence-corrected chi connectivity index (χ4v) is 8.76. The molecule has 0 aromatic heterocycles. The summed E-state index contributed by atoms with van der Waals surface area (Å²) in [5, 5.41) is 18.4. The van der Waals surface area contributed by atoms with Gasteiger partial charge in [-0.25, -0.2) is 4.79 Å². The van der Waals surface area contributed by atoms with E-state index in [1.54, 1.807) is 41.5 Å². The molecule has 0 saturated carbocycles. The van der Waals surface area contributed by atoms with Crippen LogP contribution in [0.15, 0.2) is 24.3 Å². The molecule has 342 valence electrons. The van der Waals surface area contributed by atoms with Crippen LogP contribution in [0.1, 0.15) is 59.9 Å². The van der Waals surface area contributed by atoms with Crippen LogP contribution in [-0.2, 0) is 67.4 Å². The fraction of sp³-hybridized carbons (Fsp3) is 0.613. The Labute approximate surface area is 358 Å². The molecular formula is C31H49N5O18S6. The highest BCUT2D eigenvalue weighted by Gasteiger charge is 2.34. The van der Waals surface area contributed by atoms with E-state index in [1.165, 1.54) is 24.3 Å². The fourth-order valence-electron chi connectivity index (χ4n) is 4.41. The molecule has 0 saturated heterocycles. The number of esters is 1. The minimum absolute atomic E-state index is 0.137. The highest BCUT2D eigenvalue weighted by atomic mass is 33.2. The van der Waals surface area contributed by atoms with Gasteiger partial charge in [-0.1, -0.05) is 12.1 Å². The monoisotopic (exact) mass is 971 g/mol. The van der Waals surface area contributed by atoms with Crippen molar-refractivity contribution in [3.05, 3.63) is 29.8 Å². The molecule has 23 nitrogen and oxygen atoms in total. The Balaban J connectivity index is 3.63. The van der Waals surface area contributed by atoms with E-state index in [4.69, 9.17) is 24.3 Å². The van der Waals surface area contributed by atoms with Gasteiger partial charge in [-0.15, -0.1) is 0 Å². The van der Waals surface area contributed by atoms with Crippen molar-refractivity contribution in [2.24, 2.45) is 5.73 Å². The van der Waals surface area contributed by atoms with Gasteiger partial charge in [0.1, 0.15) is 41.1 Å². The molecule has 0 aliphatic heterocycles. The third kappa shape index (κ3) is 24.7. The normalized spacial score (nSPS) is 15.0. The first-order valence-corrected chi connectivity index (χ1v) is 26.0. The Bertz CT molecular complexity index is 2020. The van der Waals surface area contributed by atoms with E-state index in [0.717, 1.165) is 0 Å². The second-order valence-electron chi connectivity index (χ2n) is 14.5. The molecular weight excluding hydrogens is 923 g/mol. The van der Waals surface area contributed by atoms with Crippen LogP contribution >= 0.6 is 32.4 Å². The number of ether oxygens (including phenoxy) is 2. The summed E-state index contributed by atoms with van der Waals surface area (Å²) in [6.07, 6.45) is -1.51. The van der Waals surface area contributed by atoms with Crippen LogP contribution in [0.25, 0.3) is 0 Å². The van der Waals surface area contributed by atoms with Gasteiger partial charge in [0.2, 0.25) is 23.6 Å². The predicted octanol–water partition coefficient (Wildman–Crippen LogP) is -0.513. The van der Waals surface area contributed by atoms with Crippen molar-refractivity contribution in [2.75, 3.05) is 17.3 Å². The standard InChI is InChI=1S/C31H49N5O18S6/c1-30(2,3)53-18-9-7-17(8-10-18)13-21(27(40)36-23(29(42)43)16-57-60(50,51)52)34-26(39)20(11-12-24(37)54-31(4,5)6)33-28(41)22(15-56-59(47,48)49)35-25(38)19(32)14-55-58(44,45)46/h7-10,19-23H,11-16,32H2,1-6H3,(H,33,41)(H,34,39)(H,35,38)(H,36,40)(H,42,43)(H,44,45,46)(H,47,48,49)(H,50,51,52)/t19-,20-,21-,22-,23-/m0/s1. The summed E-state index contributed by atoms with van der Waals surface area (Å²) in [4.78, 5) is 78.6. The number of carboxylic acids is 1. The highest BCUT2D eigenvalue weighted by Crippen LogP contribution is 2.20. The SMILES string of the molecule is CC(C)(C)OC(=O)CC[C@H](NC(=O)[C@H](CSS(=O)(=O)O)NC(=O)[C@@H](N)CSS(=O)(=O)O)C(=O)N[C@@H](Cc1ccc(OC(C)(C)C)cc1)C(=O)N[C@@H](CSS(=O)(=O)O)C(=O)O. The highest BCUT2D eigenvalue weighted by molar-refractivity contribution is 8.70. The molecule has 10 N–H and O–H groups in total. The van der Waals surface area contributed by atoms with Gasteiger partial charge < -0.3 is 41.6 Å². The van der Waals surface area contributed by atoms with Crippen molar-refractivity contribution in [3.63, 3.8) is 0 Å². The van der Waals surface area contributed by atoms with E-state index in [0.29, 0.717) is 11.3 Å². The molecule has 0 unspecified atom stereocenters. The van der Waals surface area contributed by atoms with Crippen LogP contribution in [0.2, 0.25) is 0 Å². The molecule has 0 heterocycles. The van der Waals surface area contributed by atoms with Crippen LogP contribution in [0, 0.1) is 0 Å². The molecule has 5 atom stereocenters. The molecule has 0 aliphatic rings. The molecule has 60 heavy (non-hydrogen) atoms. The average molecular weight is 972 g/mol. The van der Waals surface area contributed by atoms with Crippen LogP contribution in [0.3, 0.4) is 0 Å². The van der Waals surface area contributed by atoms with Crippen molar-refractivity contribution in [3.8, 4) is 5.75 Å². The number of nitrogens with one attached hydrogen (secondary N) is 4. The van der Waals surface area contributed by atoms with Crippen LogP contribution in [-0.4, -0.2) is 138 Å². The number of amides is 4. The number of nitrogens with two attached hydrogens (primary N) is 1. The number of aliphatic carboxylic acids is 1. The van der Waals surface area contributed by atoms with Crippen molar-refractivity contribution < 1.29 is 82.3 Å². The maximum atomic E-state index is 14.0. The Hall–Kier alpha value is -3.42. The average Bonchev–Trinajstić information content (AvgIpc) is 3.06. The number of hydrogen-bond acceptors (Lipinski definition) is 18. The molecule has 1 aromatic carbocycles. The molecule has 0 fully saturated rings. The first kappa shape index (κ1) is 54.6. The third-order valence-electron chi connectivity index (χ3n) is 6.86. The second-order valence-corrected chi connectivity index (χ2v) is 24.7. The lowest BCUT2D eigenvalue weighted by Gasteiger charge is -2.27. The second kappa shape index (κ2) is 23.1. The van der Waals surface area contributed by atoms with Crippen molar-refractivity contribution >= 4 is 95.4 Å². The number of hydrogen-bond donors (Lipinski definition) is 9. The number of rotatable bonds is 24. The van der Waals surface area contributed by atoms with Crippen molar-refractivity contribution in [2.45, 2.75) is 102 Å². The minimum Gasteiger partial charge on any atom is -0.488 e. The zero-order valence-electron chi connectivity index (χ0n) is 33.0. The van der Waals surface area contributed by atoms with Gasteiger partial charge in [-0.2, -0.15) is 25.3 Å².